The van der Waals surface area contributed by atoms with Crippen molar-refractivity contribution < 1.29 is 29.0 Å². The van der Waals surface area contributed by atoms with Gasteiger partial charge in [0.2, 0.25) is 0 Å². The second-order valence-electron chi connectivity index (χ2n) is 5.26. The van der Waals surface area contributed by atoms with E-state index in [0.29, 0.717) is 0 Å². The zero-order chi connectivity index (χ0) is 15.1. The molecule has 0 radical (unpaired) electrons. The molecule has 0 unspecified atom stereocenters. The van der Waals surface area contributed by atoms with Crippen LogP contribution in [-0.4, -0.2) is 51.0 Å². The van der Waals surface area contributed by atoms with E-state index < -0.39 is 38.6 Å². The summed E-state index contributed by atoms with van der Waals surface area (Å²) in [5.41, 5.74) is 0. The van der Waals surface area contributed by atoms with Gasteiger partial charge in [0.05, 0.1) is 20.1 Å². The van der Waals surface area contributed by atoms with Crippen molar-refractivity contribution >= 4 is 26.1 Å². The van der Waals surface area contributed by atoms with Gasteiger partial charge in [-0.3, -0.25) is 4.79 Å². The van der Waals surface area contributed by atoms with Crippen LogP contribution in [0.3, 0.4) is 0 Å². The van der Waals surface area contributed by atoms with Crippen LogP contribution in [0.1, 0.15) is 6.42 Å². The SMILES string of the molecule is COC(=O)[C@H](CC(=O)O)NC(=O)OCC[Si](C)(C)C. The Balaban J connectivity index is 4.24. The molecule has 0 aliphatic carbocycles. The molecule has 0 aliphatic rings. The number of carboxylic acids is 1. The monoisotopic (exact) mass is 291 g/mol. The highest BCUT2D eigenvalue weighted by Crippen LogP contribution is 2.07. The zero-order valence-electron chi connectivity index (χ0n) is 11.7. The van der Waals surface area contributed by atoms with Crippen LogP contribution in [0, 0.1) is 0 Å². The molecule has 1 amide bonds. The van der Waals surface area contributed by atoms with Crippen molar-refractivity contribution in [1.29, 1.82) is 0 Å². The first-order valence-electron chi connectivity index (χ1n) is 5.88. The number of methoxy groups -OCH3 is 1. The predicted molar refractivity (Wildman–Crippen MR) is 70.7 cm³/mol. The van der Waals surface area contributed by atoms with Gasteiger partial charge < -0.3 is 19.9 Å². The summed E-state index contributed by atoms with van der Waals surface area (Å²) < 4.78 is 9.32. The highest BCUT2D eigenvalue weighted by Gasteiger charge is 2.25. The molecule has 0 saturated carbocycles. The van der Waals surface area contributed by atoms with Gasteiger partial charge in [0.1, 0.15) is 6.04 Å². The molecule has 0 heterocycles. The minimum absolute atomic E-state index is 0.252. The summed E-state index contributed by atoms with van der Waals surface area (Å²) in [6.45, 7) is 6.66. The molecule has 0 bridgehead atoms. The average molecular weight is 291 g/mol. The third-order valence-corrected chi connectivity index (χ3v) is 3.95. The first kappa shape index (κ1) is 17.4. The fourth-order valence-electron chi connectivity index (χ4n) is 1.14. The number of carbonyl (C=O) groups excluding carboxylic acids is 2. The van der Waals surface area contributed by atoms with Gasteiger partial charge >= 0.3 is 18.0 Å². The fourth-order valence-corrected chi connectivity index (χ4v) is 1.86. The summed E-state index contributed by atoms with van der Waals surface area (Å²) in [7, 11) is -0.189. The van der Waals surface area contributed by atoms with Crippen LogP contribution in [0.4, 0.5) is 4.79 Å². The Morgan fingerprint density at radius 1 is 1.26 bits per heavy atom. The number of esters is 1. The quantitative estimate of drug-likeness (QED) is 0.537. The van der Waals surface area contributed by atoms with Crippen molar-refractivity contribution in [3.05, 3.63) is 0 Å². The molecular weight excluding hydrogens is 270 g/mol. The maximum Gasteiger partial charge on any atom is 0.407 e. The predicted octanol–water partition coefficient (Wildman–Crippen LogP) is 1.07. The molecule has 8 heteroatoms. The third kappa shape index (κ3) is 9.06. The van der Waals surface area contributed by atoms with Crippen LogP contribution in [0.2, 0.25) is 25.7 Å². The molecule has 0 rings (SSSR count). The standard InChI is InChI=1S/C11H21NO6Si/c1-17-10(15)8(7-9(13)14)12-11(16)18-5-6-19(2,3)4/h8H,5-7H2,1-4H3,(H,12,16)(H,13,14)/t8-/m0/s1. The number of alkyl carbamates (subject to hydrolysis) is 1. The first-order valence-corrected chi connectivity index (χ1v) is 9.59. The lowest BCUT2D eigenvalue weighted by Gasteiger charge is -2.17. The lowest BCUT2D eigenvalue weighted by Crippen LogP contribution is -2.43. The van der Waals surface area contributed by atoms with Crippen LogP contribution in [-0.2, 0) is 19.1 Å². The van der Waals surface area contributed by atoms with E-state index in [-0.39, 0.29) is 6.61 Å². The maximum atomic E-state index is 11.4. The molecule has 0 aromatic carbocycles. The fraction of sp³-hybridized carbons (Fsp3) is 0.727. The number of rotatable bonds is 7. The number of ether oxygens (including phenoxy) is 2. The number of aliphatic carboxylic acids is 1. The van der Waals surface area contributed by atoms with Crippen LogP contribution in [0.25, 0.3) is 0 Å². The van der Waals surface area contributed by atoms with Gasteiger partial charge in [-0.15, -0.1) is 0 Å². The van der Waals surface area contributed by atoms with E-state index in [1.54, 1.807) is 0 Å². The van der Waals surface area contributed by atoms with Gasteiger partial charge in [0.15, 0.2) is 0 Å². The van der Waals surface area contributed by atoms with E-state index in [1.165, 1.54) is 0 Å². The molecule has 0 aliphatic heterocycles. The summed E-state index contributed by atoms with van der Waals surface area (Å²) in [6.07, 6.45) is -1.36. The van der Waals surface area contributed by atoms with Crippen molar-refractivity contribution in [3.8, 4) is 0 Å². The van der Waals surface area contributed by atoms with Gasteiger partial charge in [0.25, 0.3) is 0 Å². The normalized spacial score (nSPS) is 12.4. The molecule has 0 aromatic heterocycles. The molecular formula is C11H21NO6Si. The first-order chi connectivity index (χ1) is 8.65. The molecule has 2 N–H and O–H groups in total. The zero-order valence-corrected chi connectivity index (χ0v) is 12.7. The lowest BCUT2D eigenvalue weighted by atomic mass is 10.2. The van der Waals surface area contributed by atoms with Crippen molar-refractivity contribution in [1.82, 2.24) is 5.32 Å². The molecule has 110 valence electrons. The summed E-state index contributed by atoms with van der Waals surface area (Å²) in [5.74, 6) is -2.03. The topological polar surface area (TPSA) is 102 Å². The van der Waals surface area contributed by atoms with Crippen LogP contribution < -0.4 is 5.32 Å². The van der Waals surface area contributed by atoms with Crippen molar-refractivity contribution in [2.75, 3.05) is 13.7 Å². The Morgan fingerprint density at radius 2 is 1.84 bits per heavy atom. The van der Waals surface area contributed by atoms with Gasteiger partial charge in [-0.25, -0.2) is 9.59 Å². The Morgan fingerprint density at radius 3 is 2.26 bits per heavy atom. The van der Waals surface area contributed by atoms with Gasteiger partial charge in [-0.1, -0.05) is 19.6 Å². The molecule has 0 fully saturated rings. The van der Waals surface area contributed by atoms with E-state index in [4.69, 9.17) is 9.84 Å². The Kier molecular flexibility index (Phi) is 7.13. The van der Waals surface area contributed by atoms with Gasteiger partial charge in [-0.05, 0) is 6.04 Å². The molecule has 0 saturated heterocycles. The number of amides is 1. The van der Waals surface area contributed by atoms with E-state index in [9.17, 15) is 14.4 Å². The number of carbonyl (C=O) groups is 3. The summed E-state index contributed by atoms with van der Waals surface area (Å²) in [6, 6.07) is -0.440. The summed E-state index contributed by atoms with van der Waals surface area (Å²) >= 11 is 0. The van der Waals surface area contributed by atoms with Crippen LogP contribution in [0.5, 0.6) is 0 Å². The summed E-state index contributed by atoms with van der Waals surface area (Å²) in [4.78, 5) is 33.3. The minimum atomic E-state index is -1.31. The average Bonchev–Trinajstić information content (AvgIpc) is 2.24. The van der Waals surface area contributed by atoms with E-state index in [2.05, 4.69) is 29.7 Å². The number of carboxylic acid groups (broad SMARTS) is 1. The molecule has 0 aromatic rings. The van der Waals surface area contributed by atoms with Crippen LogP contribution in [0.15, 0.2) is 0 Å². The highest BCUT2D eigenvalue weighted by atomic mass is 28.3. The Labute approximate surface area is 113 Å². The van der Waals surface area contributed by atoms with Crippen molar-refractivity contribution in [2.45, 2.75) is 38.1 Å². The molecule has 7 nitrogen and oxygen atoms in total. The lowest BCUT2D eigenvalue weighted by molar-refractivity contribution is -0.148. The molecule has 1 atom stereocenters. The Bertz CT molecular complexity index is 339. The van der Waals surface area contributed by atoms with E-state index >= 15 is 0 Å². The van der Waals surface area contributed by atoms with Crippen LogP contribution >= 0.6 is 0 Å². The molecule has 0 spiro atoms. The second kappa shape index (κ2) is 7.77. The number of hydrogen-bond acceptors (Lipinski definition) is 5. The maximum absolute atomic E-state index is 11.4. The largest absolute Gasteiger partial charge is 0.481 e. The van der Waals surface area contributed by atoms with Crippen molar-refractivity contribution in [2.24, 2.45) is 0 Å². The summed E-state index contributed by atoms with van der Waals surface area (Å²) in [5, 5.41) is 10.8. The van der Waals surface area contributed by atoms with Gasteiger partial charge in [0, 0.05) is 8.07 Å². The number of hydrogen-bond donors (Lipinski definition) is 2. The minimum Gasteiger partial charge on any atom is -0.481 e. The van der Waals surface area contributed by atoms with E-state index in [0.717, 1.165) is 13.2 Å². The highest BCUT2D eigenvalue weighted by molar-refractivity contribution is 6.76. The smallest absolute Gasteiger partial charge is 0.407 e. The Hall–Kier alpha value is -1.57. The molecule has 19 heavy (non-hydrogen) atoms. The van der Waals surface area contributed by atoms with Gasteiger partial charge in [-0.2, -0.15) is 0 Å². The van der Waals surface area contributed by atoms with Crippen molar-refractivity contribution in [3.63, 3.8) is 0 Å². The second-order valence-corrected chi connectivity index (χ2v) is 10.9. The third-order valence-electron chi connectivity index (χ3n) is 2.24. The number of nitrogens with one attached hydrogen (secondary N) is 1. The van der Waals surface area contributed by atoms with E-state index in [1.807, 2.05) is 0 Å².